The number of rotatable bonds is 4. The fraction of sp³-hybridized carbons (Fsp3) is 0.535. The molecule has 6 unspecified atom stereocenters. The maximum absolute atomic E-state index is 14.9. The zero-order valence-corrected chi connectivity index (χ0v) is 35.3. The average Bonchev–Trinajstić information content (AvgIpc) is 3.69. The topological polar surface area (TPSA) is 155 Å². The molecular weight excluding hydrogens is 749 g/mol. The van der Waals surface area contributed by atoms with Crippen LogP contribution in [0.3, 0.4) is 0 Å². The summed E-state index contributed by atoms with van der Waals surface area (Å²) in [5, 5.41) is 37.3. The van der Waals surface area contributed by atoms with E-state index in [-0.39, 0.29) is 48.0 Å². The zero-order chi connectivity index (χ0) is 41.1. The van der Waals surface area contributed by atoms with Crippen molar-refractivity contribution >= 4 is 17.7 Å². The first-order valence-corrected chi connectivity index (χ1v) is 20.7. The number of phenols is 2. The third-order valence-electron chi connectivity index (χ3n) is 12.6. The lowest BCUT2D eigenvalue weighted by Gasteiger charge is -2.59. The Bertz CT molecular complexity index is 2120. The van der Waals surface area contributed by atoms with Crippen LogP contribution in [0.5, 0.6) is 40.2 Å². The molecule has 306 valence electrons. The number of fused-ring (bicyclic) bond motifs is 9. The number of piperazine rings is 1. The van der Waals surface area contributed by atoms with E-state index in [2.05, 4.69) is 34.2 Å². The van der Waals surface area contributed by atoms with E-state index in [1.54, 1.807) is 38.1 Å². The summed E-state index contributed by atoms with van der Waals surface area (Å²) in [4.78, 5) is 19.3. The molecule has 14 heteroatoms. The van der Waals surface area contributed by atoms with Crippen LogP contribution in [-0.4, -0.2) is 103 Å². The van der Waals surface area contributed by atoms with Gasteiger partial charge in [0.2, 0.25) is 6.79 Å². The molecule has 5 aliphatic rings. The van der Waals surface area contributed by atoms with Gasteiger partial charge in [-0.2, -0.15) is 17.0 Å². The van der Waals surface area contributed by atoms with Gasteiger partial charge in [0.15, 0.2) is 40.0 Å². The highest BCUT2D eigenvalue weighted by Gasteiger charge is 2.57. The van der Waals surface area contributed by atoms with Crippen LogP contribution in [0.4, 0.5) is 0 Å². The molecule has 0 aliphatic carbocycles. The molecule has 5 heterocycles. The van der Waals surface area contributed by atoms with Crippen LogP contribution >= 0.6 is 11.8 Å². The fourth-order valence-electron chi connectivity index (χ4n) is 10.1. The van der Waals surface area contributed by atoms with Gasteiger partial charge in [-0.15, -0.1) is 0 Å². The van der Waals surface area contributed by atoms with E-state index in [4.69, 9.17) is 28.4 Å². The quantitative estimate of drug-likeness (QED) is 0.275. The number of carbonyl (C=O) groups is 1. The van der Waals surface area contributed by atoms with Crippen molar-refractivity contribution in [2.24, 2.45) is 0 Å². The number of hydrogen-bond donors (Lipinski definition) is 3. The Hall–Kier alpha value is -4.55. The normalized spacial score (nSPS) is 27.8. The highest BCUT2D eigenvalue weighted by atomic mass is 32.2. The number of nitriles is 1. The minimum Gasteiger partial charge on any atom is -0.504 e. The average molecular weight is 803 g/mol. The molecule has 0 amide bonds. The van der Waals surface area contributed by atoms with Crippen molar-refractivity contribution in [3.05, 3.63) is 62.7 Å². The summed E-state index contributed by atoms with van der Waals surface area (Å²) in [5.74, 6) is 2.32. The fourth-order valence-corrected chi connectivity index (χ4v) is 11.5. The highest BCUT2D eigenvalue weighted by Crippen LogP contribution is 2.57. The first-order chi connectivity index (χ1) is 27.4. The second-order valence-electron chi connectivity index (χ2n) is 15.2. The van der Waals surface area contributed by atoms with Gasteiger partial charge < -0.3 is 38.6 Å². The summed E-state index contributed by atoms with van der Waals surface area (Å²) in [7, 11) is 6.70. The molecule has 0 aromatic heterocycles. The van der Waals surface area contributed by atoms with Gasteiger partial charge in [-0.25, -0.2) is 4.79 Å². The number of phenolic OH excluding ortho intramolecular Hbond substituents is 2. The number of methoxy groups -OCH3 is 3. The van der Waals surface area contributed by atoms with Crippen molar-refractivity contribution in [1.29, 1.82) is 5.26 Å². The number of esters is 1. The Morgan fingerprint density at radius 3 is 2.37 bits per heavy atom. The van der Waals surface area contributed by atoms with E-state index in [1.165, 1.54) is 7.11 Å². The van der Waals surface area contributed by atoms with Gasteiger partial charge >= 0.3 is 5.97 Å². The molecule has 7 atom stereocenters. The van der Waals surface area contributed by atoms with Gasteiger partial charge in [-0.1, -0.05) is 26.8 Å². The largest absolute Gasteiger partial charge is 0.504 e. The SMILES string of the molecule is CC.COc1cc2c(cc1O)CCN[C@]21CSC(C)C2C3c4c(cc(C)c(OC)c4O)CC(C(C#N)N2C(c2c(C)c(OC)c(C)c4c2OCO4)COC1=O)N3C. The number of thioether (sulfide) groups is 1. The number of likely N-dealkylation sites (N-methyl/N-ethyl adjacent to an activating group) is 1. The molecule has 13 nitrogen and oxygen atoms in total. The molecule has 1 spiro atoms. The van der Waals surface area contributed by atoms with Crippen LogP contribution in [-0.2, 0) is 27.9 Å². The van der Waals surface area contributed by atoms with Crippen molar-refractivity contribution in [2.45, 2.75) is 95.4 Å². The van der Waals surface area contributed by atoms with Gasteiger partial charge in [-0.3, -0.25) is 15.1 Å². The molecule has 8 rings (SSSR count). The first-order valence-electron chi connectivity index (χ1n) is 19.6. The Morgan fingerprint density at radius 2 is 1.68 bits per heavy atom. The van der Waals surface area contributed by atoms with Crippen molar-refractivity contribution < 1.29 is 43.4 Å². The molecule has 5 aliphatic heterocycles. The number of benzene rings is 3. The van der Waals surface area contributed by atoms with Crippen LogP contribution in [0, 0.1) is 32.1 Å². The molecule has 3 aromatic rings. The lowest BCUT2D eigenvalue weighted by atomic mass is 9.75. The van der Waals surface area contributed by atoms with E-state index in [0.717, 1.165) is 38.9 Å². The predicted molar refractivity (Wildman–Crippen MR) is 216 cm³/mol. The number of nitrogens with zero attached hydrogens (tertiary/aromatic N) is 3. The number of aromatic hydroxyl groups is 2. The summed E-state index contributed by atoms with van der Waals surface area (Å²) in [6.07, 6.45) is 1.12. The second-order valence-corrected chi connectivity index (χ2v) is 16.6. The molecule has 0 radical (unpaired) electrons. The summed E-state index contributed by atoms with van der Waals surface area (Å²) in [6.45, 7) is 12.3. The van der Waals surface area contributed by atoms with E-state index < -0.39 is 29.6 Å². The van der Waals surface area contributed by atoms with Gasteiger partial charge in [0.25, 0.3) is 0 Å². The summed E-state index contributed by atoms with van der Waals surface area (Å²) >= 11 is 1.60. The molecule has 57 heavy (non-hydrogen) atoms. The van der Waals surface area contributed by atoms with Crippen LogP contribution in [0.15, 0.2) is 18.2 Å². The Labute approximate surface area is 339 Å². The van der Waals surface area contributed by atoms with Crippen molar-refractivity contribution in [2.75, 3.05) is 54.1 Å². The maximum Gasteiger partial charge on any atom is 0.331 e. The number of cyclic esters (lactones) is 1. The molecular formula is C43H54N4O9S. The summed E-state index contributed by atoms with van der Waals surface area (Å²) in [6, 6.07) is 5.77. The monoisotopic (exact) mass is 802 g/mol. The molecule has 2 saturated heterocycles. The van der Waals surface area contributed by atoms with Crippen molar-refractivity contribution in [1.82, 2.24) is 15.1 Å². The Morgan fingerprint density at radius 1 is 0.965 bits per heavy atom. The van der Waals surface area contributed by atoms with E-state index in [1.807, 2.05) is 41.7 Å². The van der Waals surface area contributed by atoms with Crippen LogP contribution in [0.1, 0.15) is 77.4 Å². The molecule has 3 aromatic carbocycles. The predicted octanol–water partition coefficient (Wildman–Crippen LogP) is 5.74. The number of aryl methyl sites for hydroxylation is 1. The standard InChI is InChI=1S/C41H48N4O9S.C2H6/c1-19-11-24-12-26-27(15-42)45-28(31-20(2)37(51-8)21(3)38-39(31)54-18-53-38)16-52-40(48)41(25-14-30(49-6)29(46)13-23(25)9-10-43-41)17-55-22(4)33(45)34(44(26)5)32(24)35(47)36(19)50-7;1-2/h11,13-14,22,26-28,33-34,43,46-47H,9-10,12,16-18H2,1-8H3;1-2H3/t22?,26?,27?,28?,33?,34?,41-;/m1./s1. The third kappa shape index (κ3) is 6.11. The molecule has 2 fully saturated rings. The van der Waals surface area contributed by atoms with Crippen LogP contribution in [0.25, 0.3) is 0 Å². The minimum absolute atomic E-state index is 0.00640. The van der Waals surface area contributed by atoms with E-state index >= 15 is 0 Å². The lowest BCUT2D eigenvalue weighted by molar-refractivity contribution is -0.156. The Balaban J connectivity index is 0.00000244. The molecule has 3 N–H and O–H groups in total. The van der Waals surface area contributed by atoms with E-state index in [9.17, 15) is 20.3 Å². The van der Waals surface area contributed by atoms with Gasteiger partial charge in [0.05, 0.1) is 39.5 Å². The number of nitrogens with one attached hydrogen (secondary N) is 1. The number of ether oxygens (including phenoxy) is 6. The van der Waals surface area contributed by atoms with Crippen molar-refractivity contribution in [3.8, 4) is 46.3 Å². The first kappa shape index (κ1) is 40.6. The molecule has 0 saturated carbocycles. The lowest BCUT2D eigenvalue weighted by Crippen LogP contribution is -2.69. The van der Waals surface area contributed by atoms with Gasteiger partial charge in [-0.05, 0) is 75.0 Å². The highest BCUT2D eigenvalue weighted by molar-refractivity contribution is 8.00. The van der Waals surface area contributed by atoms with Crippen LogP contribution in [0.2, 0.25) is 0 Å². The third-order valence-corrected chi connectivity index (χ3v) is 14.0. The second kappa shape index (κ2) is 15.7. The zero-order valence-electron chi connectivity index (χ0n) is 34.4. The maximum atomic E-state index is 14.9. The van der Waals surface area contributed by atoms with Gasteiger partial charge in [0, 0.05) is 51.9 Å². The van der Waals surface area contributed by atoms with Crippen LogP contribution < -0.4 is 29.0 Å². The molecule has 2 bridgehead atoms. The summed E-state index contributed by atoms with van der Waals surface area (Å²) < 4.78 is 36.1. The van der Waals surface area contributed by atoms with E-state index in [0.29, 0.717) is 53.7 Å². The number of carbonyl (C=O) groups excluding carboxylic acids is 1. The number of hydrogen-bond acceptors (Lipinski definition) is 14. The van der Waals surface area contributed by atoms with Crippen molar-refractivity contribution in [3.63, 3.8) is 0 Å². The summed E-state index contributed by atoms with van der Waals surface area (Å²) in [5.41, 5.74) is 5.12. The minimum atomic E-state index is -1.29. The smallest absolute Gasteiger partial charge is 0.331 e. The Kier molecular flexibility index (Phi) is 11.2. The van der Waals surface area contributed by atoms with Gasteiger partial charge in [0.1, 0.15) is 18.4 Å².